The van der Waals surface area contributed by atoms with Crippen LogP contribution >= 0.6 is 0 Å². The van der Waals surface area contributed by atoms with E-state index in [4.69, 9.17) is 15.0 Å². The Morgan fingerprint density at radius 1 is 0.310 bits per heavy atom. The van der Waals surface area contributed by atoms with Gasteiger partial charge in [-0.2, -0.15) is 0 Å². The molecular formula is C53H33N5. The SMILES string of the molecule is c1ccc(-c2nc(-c3ccc4c(c3)c3ccccc3n4-c3cccc4c5ccccc5n(-c5ccccc5)c34)nc(-c3cc4ccccc4c4ccccc34)n2)cc1. The van der Waals surface area contributed by atoms with Gasteiger partial charge in [-0.25, -0.2) is 15.0 Å². The van der Waals surface area contributed by atoms with E-state index in [1.54, 1.807) is 0 Å². The van der Waals surface area contributed by atoms with Crippen LogP contribution in [0.2, 0.25) is 0 Å². The molecule has 270 valence electrons. The van der Waals surface area contributed by atoms with Gasteiger partial charge in [0, 0.05) is 43.9 Å². The van der Waals surface area contributed by atoms with Gasteiger partial charge in [-0.15, -0.1) is 0 Å². The highest BCUT2D eigenvalue weighted by molar-refractivity contribution is 6.16. The minimum absolute atomic E-state index is 0.631. The van der Waals surface area contributed by atoms with E-state index in [0.717, 1.165) is 60.6 Å². The van der Waals surface area contributed by atoms with E-state index in [-0.39, 0.29) is 0 Å². The quantitative estimate of drug-likeness (QED) is 0.165. The molecule has 0 aliphatic heterocycles. The normalized spacial score (nSPS) is 11.8. The summed E-state index contributed by atoms with van der Waals surface area (Å²) in [5.74, 6) is 1.92. The minimum Gasteiger partial charge on any atom is -0.307 e. The second-order valence-corrected chi connectivity index (χ2v) is 14.8. The highest BCUT2D eigenvalue weighted by atomic mass is 15.1. The molecule has 0 saturated heterocycles. The van der Waals surface area contributed by atoms with Crippen LogP contribution in [0.25, 0.3) is 111 Å². The molecule has 9 aromatic carbocycles. The maximum absolute atomic E-state index is 5.29. The van der Waals surface area contributed by atoms with E-state index in [2.05, 4.69) is 191 Å². The molecule has 0 aliphatic rings. The van der Waals surface area contributed by atoms with Crippen LogP contribution in [-0.2, 0) is 0 Å². The lowest BCUT2D eigenvalue weighted by Gasteiger charge is -2.14. The molecule has 5 nitrogen and oxygen atoms in total. The van der Waals surface area contributed by atoms with Gasteiger partial charge in [0.05, 0.1) is 27.8 Å². The van der Waals surface area contributed by atoms with Crippen molar-refractivity contribution in [3.8, 4) is 45.5 Å². The van der Waals surface area contributed by atoms with Crippen LogP contribution in [0.5, 0.6) is 0 Å². The molecule has 0 N–H and O–H groups in total. The first-order chi connectivity index (χ1) is 28.8. The summed E-state index contributed by atoms with van der Waals surface area (Å²) in [4.78, 5) is 15.6. The summed E-state index contributed by atoms with van der Waals surface area (Å²) in [7, 11) is 0. The van der Waals surface area contributed by atoms with E-state index >= 15 is 0 Å². The first-order valence-electron chi connectivity index (χ1n) is 19.6. The van der Waals surface area contributed by atoms with Crippen molar-refractivity contribution < 1.29 is 0 Å². The Balaban J connectivity index is 1.11. The summed E-state index contributed by atoms with van der Waals surface area (Å²) in [5.41, 5.74) is 9.69. The number of rotatable bonds is 5. The maximum atomic E-state index is 5.29. The number of nitrogens with zero attached hydrogens (tertiary/aromatic N) is 5. The largest absolute Gasteiger partial charge is 0.307 e. The van der Waals surface area contributed by atoms with Crippen molar-refractivity contribution in [1.29, 1.82) is 0 Å². The van der Waals surface area contributed by atoms with Crippen LogP contribution in [0, 0.1) is 0 Å². The second kappa shape index (κ2) is 12.8. The molecule has 0 bridgehead atoms. The fourth-order valence-electron chi connectivity index (χ4n) is 8.98. The van der Waals surface area contributed by atoms with Crippen molar-refractivity contribution in [2.24, 2.45) is 0 Å². The van der Waals surface area contributed by atoms with Gasteiger partial charge in [0.1, 0.15) is 0 Å². The Kier molecular flexibility index (Phi) is 7.16. The molecule has 3 heterocycles. The summed E-state index contributed by atoms with van der Waals surface area (Å²) < 4.78 is 4.83. The van der Waals surface area contributed by atoms with Crippen LogP contribution in [0.3, 0.4) is 0 Å². The Bertz CT molecular complexity index is 3560. The topological polar surface area (TPSA) is 48.5 Å². The molecule has 0 atom stereocenters. The van der Waals surface area contributed by atoms with Crippen LogP contribution in [0.15, 0.2) is 200 Å². The van der Waals surface area contributed by atoms with Crippen molar-refractivity contribution in [3.63, 3.8) is 0 Å². The van der Waals surface area contributed by atoms with Crippen molar-refractivity contribution in [2.75, 3.05) is 0 Å². The van der Waals surface area contributed by atoms with Crippen LogP contribution < -0.4 is 0 Å². The third kappa shape index (κ3) is 4.93. The van der Waals surface area contributed by atoms with Crippen LogP contribution in [0.1, 0.15) is 0 Å². The van der Waals surface area contributed by atoms with E-state index in [9.17, 15) is 0 Å². The Labute approximate surface area is 333 Å². The average Bonchev–Trinajstić information content (AvgIpc) is 3.82. The lowest BCUT2D eigenvalue weighted by Crippen LogP contribution is -2.01. The molecular weight excluding hydrogens is 707 g/mol. The molecule has 5 heteroatoms. The van der Waals surface area contributed by atoms with Gasteiger partial charge in [0.15, 0.2) is 17.5 Å². The molecule has 12 aromatic rings. The van der Waals surface area contributed by atoms with Crippen molar-refractivity contribution >= 4 is 65.2 Å². The van der Waals surface area contributed by atoms with Crippen molar-refractivity contribution in [2.45, 2.75) is 0 Å². The highest BCUT2D eigenvalue weighted by Crippen LogP contribution is 2.41. The van der Waals surface area contributed by atoms with E-state index in [1.807, 2.05) is 18.2 Å². The zero-order valence-corrected chi connectivity index (χ0v) is 31.3. The van der Waals surface area contributed by atoms with E-state index < -0.39 is 0 Å². The number of para-hydroxylation sites is 4. The van der Waals surface area contributed by atoms with Crippen LogP contribution in [0.4, 0.5) is 0 Å². The summed E-state index contributed by atoms with van der Waals surface area (Å²) in [6.45, 7) is 0. The summed E-state index contributed by atoms with van der Waals surface area (Å²) in [6, 6.07) is 70.9. The average molecular weight is 740 g/mol. The predicted molar refractivity (Wildman–Crippen MR) is 240 cm³/mol. The predicted octanol–water partition coefficient (Wildman–Crippen LogP) is 13.4. The number of hydrogen-bond donors (Lipinski definition) is 0. The van der Waals surface area contributed by atoms with Gasteiger partial charge >= 0.3 is 0 Å². The molecule has 0 aliphatic carbocycles. The van der Waals surface area contributed by atoms with Crippen LogP contribution in [-0.4, -0.2) is 24.1 Å². The molecule has 0 radical (unpaired) electrons. The van der Waals surface area contributed by atoms with Gasteiger partial charge in [0.25, 0.3) is 0 Å². The van der Waals surface area contributed by atoms with Gasteiger partial charge < -0.3 is 9.13 Å². The first kappa shape index (κ1) is 32.4. The number of hydrogen-bond acceptors (Lipinski definition) is 3. The smallest absolute Gasteiger partial charge is 0.164 e. The monoisotopic (exact) mass is 739 g/mol. The lowest BCUT2D eigenvalue weighted by atomic mass is 9.97. The fourth-order valence-corrected chi connectivity index (χ4v) is 8.98. The molecule has 12 rings (SSSR count). The molecule has 0 fully saturated rings. The molecule has 0 amide bonds. The summed E-state index contributed by atoms with van der Waals surface area (Å²) in [6.07, 6.45) is 0. The van der Waals surface area contributed by atoms with E-state index in [1.165, 1.54) is 32.6 Å². The maximum Gasteiger partial charge on any atom is 0.164 e. The third-order valence-electron chi connectivity index (χ3n) is 11.5. The van der Waals surface area contributed by atoms with Crippen molar-refractivity contribution in [3.05, 3.63) is 200 Å². The minimum atomic E-state index is 0.631. The molecule has 0 unspecified atom stereocenters. The van der Waals surface area contributed by atoms with Gasteiger partial charge in [0.2, 0.25) is 0 Å². The Hall–Kier alpha value is -7.89. The molecule has 58 heavy (non-hydrogen) atoms. The second-order valence-electron chi connectivity index (χ2n) is 14.8. The summed E-state index contributed by atoms with van der Waals surface area (Å²) in [5, 5.41) is 9.38. The fraction of sp³-hybridized carbons (Fsp3) is 0. The lowest BCUT2D eigenvalue weighted by molar-refractivity contribution is 1.08. The third-order valence-corrected chi connectivity index (χ3v) is 11.5. The standard InChI is InChI=1S/C53H33N5/c1-3-16-34(17-4-1)51-54-52(56-53(55-51)45-32-35-18-7-8-21-38(35)39-22-9-10-23-40(39)45)36-30-31-48-44(33-36)42-25-12-14-28-47(42)58(48)49-29-15-26-43-41-24-11-13-27-46(41)57(50(43)49)37-19-5-2-6-20-37/h1-33H. The Morgan fingerprint density at radius 2 is 0.862 bits per heavy atom. The first-order valence-corrected chi connectivity index (χ1v) is 19.6. The number of aromatic nitrogens is 5. The number of benzene rings is 9. The highest BCUT2D eigenvalue weighted by Gasteiger charge is 2.21. The van der Waals surface area contributed by atoms with Gasteiger partial charge in [-0.1, -0.05) is 146 Å². The zero-order chi connectivity index (χ0) is 38.2. The van der Waals surface area contributed by atoms with Crippen molar-refractivity contribution in [1.82, 2.24) is 24.1 Å². The summed E-state index contributed by atoms with van der Waals surface area (Å²) >= 11 is 0. The van der Waals surface area contributed by atoms with Gasteiger partial charge in [-0.05, 0) is 76.1 Å². The zero-order valence-electron chi connectivity index (χ0n) is 31.3. The van der Waals surface area contributed by atoms with E-state index in [0.29, 0.717) is 17.5 Å². The molecule has 3 aromatic heterocycles. The Morgan fingerprint density at radius 3 is 1.64 bits per heavy atom. The molecule has 0 spiro atoms. The number of fused-ring (bicyclic) bond motifs is 9. The molecule has 0 saturated carbocycles. The van der Waals surface area contributed by atoms with Gasteiger partial charge in [-0.3, -0.25) is 0 Å².